The molecule has 0 radical (unpaired) electrons. The number of likely N-dealkylation sites (N-methyl/N-ethyl adjacent to an activating group) is 1. The van der Waals surface area contributed by atoms with Gasteiger partial charge >= 0.3 is 0 Å². The van der Waals surface area contributed by atoms with Gasteiger partial charge in [-0.15, -0.1) is 0 Å². The number of benzene rings is 1. The van der Waals surface area contributed by atoms with E-state index in [0.717, 1.165) is 25.2 Å². The number of nitrogens with two attached hydrogens (primary N) is 1. The fourth-order valence-corrected chi connectivity index (χ4v) is 1.43. The quantitative estimate of drug-likeness (QED) is 0.740. The Bertz CT molecular complexity index is 341. The predicted octanol–water partition coefficient (Wildman–Crippen LogP) is 1.66. The molecule has 0 fully saturated rings. The molecule has 1 aromatic carbocycles. The minimum Gasteiger partial charge on any atom is -0.399 e. The summed E-state index contributed by atoms with van der Waals surface area (Å²) >= 11 is 0. The summed E-state index contributed by atoms with van der Waals surface area (Å²) in [5.74, 6) is 0. The Morgan fingerprint density at radius 1 is 1.33 bits per heavy atom. The van der Waals surface area contributed by atoms with Crippen LogP contribution in [0.4, 0.5) is 5.69 Å². The van der Waals surface area contributed by atoms with Gasteiger partial charge in [-0.1, -0.05) is 18.2 Å². The van der Waals surface area contributed by atoms with Crippen molar-refractivity contribution in [3.05, 3.63) is 29.8 Å². The minimum atomic E-state index is 0.584. The van der Waals surface area contributed by atoms with E-state index in [1.807, 2.05) is 31.3 Å². The molecule has 0 aliphatic heterocycles. The molecule has 3 nitrogen and oxygen atoms in total. The number of hydrogen-bond donors (Lipinski definition) is 1. The van der Waals surface area contributed by atoms with Crippen LogP contribution in [0.25, 0.3) is 0 Å². The molecule has 1 aromatic rings. The second-order valence-electron chi connectivity index (χ2n) is 3.66. The van der Waals surface area contributed by atoms with Crippen molar-refractivity contribution in [2.45, 2.75) is 12.8 Å². The van der Waals surface area contributed by atoms with Crippen molar-refractivity contribution in [2.75, 3.05) is 25.9 Å². The van der Waals surface area contributed by atoms with Crippen molar-refractivity contribution in [1.29, 1.82) is 5.26 Å². The smallest absolute Gasteiger partial charge is 0.0635 e. The van der Waals surface area contributed by atoms with Gasteiger partial charge in [-0.25, -0.2) is 0 Å². The summed E-state index contributed by atoms with van der Waals surface area (Å²) in [7, 11) is 2.02. The van der Waals surface area contributed by atoms with Gasteiger partial charge < -0.3 is 10.6 Å². The molecule has 0 atom stereocenters. The molecule has 1 rings (SSSR count). The molecule has 0 saturated heterocycles. The molecule has 15 heavy (non-hydrogen) atoms. The number of nitrogen functional groups attached to an aromatic ring is 1. The summed E-state index contributed by atoms with van der Waals surface area (Å²) in [5, 5.41) is 8.45. The summed E-state index contributed by atoms with van der Waals surface area (Å²) in [6.07, 6.45) is 1.52. The highest BCUT2D eigenvalue weighted by molar-refractivity contribution is 5.46. The number of nitriles is 1. The van der Waals surface area contributed by atoms with Crippen LogP contribution in [0.3, 0.4) is 0 Å². The maximum atomic E-state index is 8.45. The zero-order valence-corrected chi connectivity index (χ0v) is 9.11. The lowest BCUT2D eigenvalue weighted by atomic mass is 10.1. The van der Waals surface area contributed by atoms with Crippen LogP contribution in [0, 0.1) is 11.3 Å². The number of hydrogen-bond acceptors (Lipinski definition) is 3. The van der Waals surface area contributed by atoms with Crippen LogP contribution in [0.5, 0.6) is 0 Å². The van der Waals surface area contributed by atoms with Crippen molar-refractivity contribution in [2.24, 2.45) is 0 Å². The van der Waals surface area contributed by atoms with Gasteiger partial charge in [0.15, 0.2) is 0 Å². The Morgan fingerprint density at radius 3 is 2.73 bits per heavy atom. The third kappa shape index (κ3) is 4.01. The van der Waals surface area contributed by atoms with Crippen molar-refractivity contribution in [3.8, 4) is 6.07 Å². The maximum Gasteiger partial charge on any atom is 0.0635 e. The summed E-state index contributed by atoms with van der Waals surface area (Å²) in [4.78, 5) is 2.15. The highest BCUT2D eigenvalue weighted by Crippen LogP contribution is 2.11. The van der Waals surface area contributed by atoms with Gasteiger partial charge in [0.25, 0.3) is 0 Å². The zero-order chi connectivity index (χ0) is 11.1. The van der Waals surface area contributed by atoms with Crippen LogP contribution in [-0.2, 0) is 6.42 Å². The third-order valence-corrected chi connectivity index (χ3v) is 2.42. The lowest BCUT2D eigenvalue weighted by Crippen LogP contribution is -2.22. The van der Waals surface area contributed by atoms with Crippen LogP contribution in [0.1, 0.15) is 12.0 Å². The first-order valence-corrected chi connectivity index (χ1v) is 5.13. The molecule has 0 aliphatic carbocycles. The van der Waals surface area contributed by atoms with Crippen molar-refractivity contribution in [3.63, 3.8) is 0 Å². The van der Waals surface area contributed by atoms with Gasteiger partial charge in [-0.3, -0.25) is 0 Å². The van der Waals surface area contributed by atoms with Gasteiger partial charge in [0.2, 0.25) is 0 Å². The van der Waals surface area contributed by atoms with E-state index in [9.17, 15) is 0 Å². The van der Waals surface area contributed by atoms with Gasteiger partial charge in [-0.05, 0) is 25.1 Å². The lowest BCUT2D eigenvalue weighted by Gasteiger charge is -2.15. The molecule has 2 N–H and O–H groups in total. The third-order valence-electron chi connectivity index (χ3n) is 2.42. The Morgan fingerprint density at radius 2 is 2.07 bits per heavy atom. The average Bonchev–Trinajstić information content (AvgIpc) is 2.25. The molecule has 0 unspecified atom stereocenters. The van der Waals surface area contributed by atoms with Gasteiger partial charge in [0.1, 0.15) is 0 Å². The number of nitrogens with zero attached hydrogens (tertiary/aromatic N) is 2. The molecular weight excluding hydrogens is 186 g/mol. The summed E-state index contributed by atoms with van der Waals surface area (Å²) in [6.45, 7) is 1.76. The van der Waals surface area contributed by atoms with Crippen molar-refractivity contribution in [1.82, 2.24) is 4.90 Å². The molecule has 0 bridgehead atoms. The van der Waals surface area contributed by atoms with E-state index in [-0.39, 0.29) is 0 Å². The van der Waals surface area contributed by atoms with E-state index in [1.165, 1.54) is 5.56 Å². The molecule has 0 spiro atoms. The Kier molecular flexibility index (Phi) is 4.65. The van der Waals surface area contributed by atoms with E-state index in [4.69, 9.17) is 11.0 Å². The first kappa shape index (κ1) is 11.5. The minimum absolute atomic E-state index is 0.584. The molecule has 0 amide bonds. The van der Waals surface area contributed by atoms with Crippen LogP contribution in [0.2, 0.25) is 0 Å². The van der Waals surface area contributed by atoms with Crippen LogP contribution in [-0.4, -0.2) is 25.0 Å². The van der Waals surface area contributed by atoms with Crippen molar-refractivity contribution >= 4 is 5.69 Å². The topological polar surface area (TPSA) is 53.0 Å². The molecule has 3 heteroatoms. The first-order valence-electron chi connectivity index (χ1n) is 5.13. The number of para-hydroxylation sites is 1. The molecule has 0 saturated carbocycles. The Balaban J connectivity index is 2.37. The molecular formula is C12H17N3. The fourth-order valence-electron chi connectivity index (χ4n) is 1.43. The second kappa shape index (κ2) is 6.05. The van der Waals surface area contributed by atoms with E-state index in [0.29, 0.717) is 6.42 Å². The summed E-state index contributed by atoms with van der Waals surface area (Å²) in [5.41, 5.74) is 7.87. The van der Waals surface area contributed by atoms with Crippen LogP contribution < -0.4 is 5.73 Å². The highest BCUT2D eigenvalue weighted by Gasteiger charge is 2.01. The molecule has 0 aliphatic rings. The van der Waals surface area contributed by atoms with Gasteiger partial charge in [0, 0.05) is 25.2 Å². The molecule has 0 heterocycles. The Hall–Kier alpha value is -1.53. The maximum absolute atomic E-state index is 8.45. The molecule has 80 valence electrons. The Labute approximate surface area is 91.1 Å². The van der Waals surface area contributed by atoms with Gasteiger partial charge in [-0.2, -0.15) is 5.26 Å². The largest absolute Gasteiger partial charge is 0.399 e. The van der Waals surface area contributed by atoms with Crippen molar-refractivity contribution < 1.29 is 0 Å². The number of anilines is 1. The van der Waals surface area contributed by atoms with E-state index >= 15 is 0 Å². The van der Waals surface area contributed by atoms with Crippen LogP contribution >= 0.6 is 0 Å². The standard InChI is InChI=1S/C12H17N3/c1-15(9-4-8-13)10-7-11-5-2-3-6-12(11)14/h2-3,5-6H,4,7,9-10,14H2,1H3. The first-order chi connectivity index (χ1) is 7.24. The zero-order valence-electron chi connectivity index (χ0n) is 9.11. The monoisotopic (exact) mass is 203 g/mol. The summed E-state index contributed by atoms with van der Waals surface area (Å²) < 4.78 is 0. The summed E-state index contributed by atoms with van der Waals surface area (Å²) in [6, 6.07) is 10.1. The second-order valence-corrected chi connectivity index (χ2v) is 3.66. The lowest BCUT2D eigenvalue weighted by molar-refractivity contribution is 0.347. The normalized spacial score (nSPS) is 10.2. The SMILES string of the molecule is CN(CCC#N)CCc1ccccc1N. The van der Waals surface area contributed by atoms with E-state index < -0.39 is 0 Å². The van der Waals surface area contributed by atoms with E-state index in [2.05, 4.69) is 11.0 Å². The fraction of sp³-hybridized carbons (Fsp3) is 0.417. The average molecular weight is 203 g/mol. The van der Waals surface area contributed by atoms with Crippen LogP contribution in [0.15, 0.2) is 24.3 Å². The molecule has 0 aromatic heterocycles. The van der Waals surface area contributed by atoms with Gasteiger partial charge in [0.05, 0.1) is 6.07 Å². The van der Waals surface area contributed by atoms with E-state index in [1.54, 1.807) is 0 Å². The highest BCUT2D eigenvalue weighted by atomic mass is 15.1. The predicted molar refractivity (Wildman–Crippen MR) is 62.3 cm³/mol. The number of rotatable bonds is 5.